The average molecular weight is 248 g/mol. The highest BCUT2D eigenvalue weighted by Gasteiger charge is 2.25. The van der Waals surface area contributed by atoms with Crippen LogP contribution in [-0.4, -0.2) is 15.4 Å². The van der Waals surface area contributed by atoms with E-state index in [1.54, 1.807) is 12.3 Å². The van der Waals surface area contributed by atoms with Gasteiger partial charge in [0.1, 0.15) is 11.3 Å². The number of ketones is 1. The summed E-state index contributed by atoms with van der Waals surface area (Å²) in [5.41, 5.74) is 1.39. The van der Waals surface area contributed by atoms with Gasteiger partial charge in [-0.1, -0.05) is 27.7 Å². The minimum Gasteiger partial charge on any atom is -0.294 e. The Morgan fingerprint density at radius 2 is 2.00 bits per heavy atom. The molecule has 0 aliphatic heterocycles. The van der Waals surface area contributed by atoms with Crippen molar-refractivity contribution in [2.75, 3.05) is 0 Å². The summed E-state index contributed by atoms with van der Waals surface area (Å²) in [4.78, 5) is 12.3. The maximum absolute atomic E-state index is 13.9. The highest BCUT2D eigenvalue weighted by atomic mass is 19.1. The maximum Gasteiger partial charge on any atom is 0.169 e. The van der Waals surface area contributed by atoms with Crippen molar-refractivity contribution < 1.29 is 9.18 Å². The van der Waals surface area contributed by atoms with E-state index in [0.717, 1.165) is 0 Å². The zero-order chi connectivity index (χ0) is 13.4. The summed E-state index contributed by atoms with van der Waals surface area (Å²) < 4.78 is 15.4. The highest BCUT2D eigenvalue weighted by molar-refractivity contribution is 6.04. The minimum atomic E-state index is -0.402. The van der Waals surface area contributed by atoms with Crippen LogP contribution in [0.3, 0.4) is 0 Å². The number of nitrogens with zero attached hydrogens (tertiary/aromatic N) is 2. The van der Waals surface area contributed by atoms with Crippen LogP contribution in [0.2, 0.25) is 0 Å². The Kier molecular flexibility index (Phi) is 3.20. The average Bonchev–Trinajstić information content (AvgIpc) is 2.68. The third-order valence-corrected chi connectivity index (χ3v) is 2.95. The van der Waals surface area contributed by atoms with Gasteiger partial charge in [0.2, 0.25) is 0 Å². The second kappa shape index (κ2) is 4.52. The van der Waals surface area contributed by atoms with Crippen LogP contribution in [0.4, 0.5) is 4.39 Å². The molecule has 0 aliphatic carbocycles. The first kappa shape index (κ1) is 12.7. The molecule has 0 unspecified atom stereocenters. The summed E-state index contributed by atoms with van der Waals surface area (Å²) >= 11 is 0. The van der Waals surface area contributed by atoms with Gasteiger partial charge < -0.3 is 0 Å². The van der Waals surface area contributed by atoms with Crippen LogP contribution in [0, 0.1) is 11.7 Å². The van der Waals surface area contributed by atoms with Gasteiger partial charge in [-0.25, -0.2) is 8.91 Å². The molecular weight excluding hydrogens is 231 g/mol. The van der Waals surface area contributed by atoms with Crippen molar-refractivity contribution >= 4 is 11.3 Å². The molecule has 0 aromatic carbocycles. The van der Waals surface area contributed by atoms with Crippen LogP contribution in [-0.2, 0) is 0 Å². The Hall–Kier alpha value is -1.71. The first-order valence-electron chi connectivity index (χ1n) is 6.14. The fourth-order valence-electron chi connectivity index (χ4n) is 2.01. The number of carbonyl (C=O) groups is 1. The van der Waals surface area contributed by atoms with E-state index in [4.69, 9.17) is 0 Å². The molecular formula is C14H17FN2O. The van der Waals surface area contributed by atoms with Crippen LogP contribution >= 0.6 is 0 Å². The van der Waals surface area contributed by atoms with Crippen LogP contribution < -0.4 is 0 Å². The predicted molar refractivity (Wildman–Crippen MR) is 68.4 cm³/mol. The van der Waals surface area contributed by atoms with Gasteiger partial charge in [0, 0.05) is 12.1 Å². The van der Waals surface area contributed by atoms with E-state index in [0.29, 0.717) is 16.8 Å². The molecule has 2 heterocycles. The van der Waals surface area contributed by atoms with Crippen LogP contribution in [0.25, 0.3) is 5.52 Å². The molecule has 0 aliphatic rings. The van der Waals surface area contributed by atoms with E-state index in [-0.39, 0.29) is 17.6 Å². The Balaban J connectivity index is 2.81. The molecule has 0 atom stereocenters. The third kappa shape index (κ3) is 1.92. The number of fused-ring (bicyclic) bond motifs is 1. The van der Waals surface area contributed by atoms with Crippen LogP contribution in [0.5, 0.6) is 0 Å². The van der Waals surface area contributed by atoms with Gasteiger partial charge in [-0.2, -0.15) is 5.10 Å². The minimum absolute atomic E-state index is 0.0567. The number of pyridine rings is 1. The molecule has 2 aromatic rings. The van der Waals surface area contributed by atoms with Gasteiger partial charge in [-0.3, -0.25) is 4.79 Å². The van der Waals surface area contributed by atoms with Gasteiger partial charge in [0.25, 0.3) is 0 Å². The Morgan fingerprint density at radius 3 is 2.56 bits per heavy atom. The third-order valence-electron chi connectivity index (χ3n) is 2.95. The normalized spacial score (nSPS) is 11.7. The summed E-state index contributed by atoms with van der Waals surface area (Å²) in [5.74, 6) is -0.545. The van der Waals surface area contributed by atoms with Crippen molar-refractivity contribution in [3.8, 4) is 0 Å². The number of rotatable bonds is 3. The Labute approximate surface area is 106 Å². The summed E-state index contributed by atoms with van der Waals surface area (Å²) in [6, 6.07) is 2.95. The lowest BCUT2D eigenvalue weighted by molar-refractivity contribution is 0.0939. The number of hydrogen-bond acceptors (Lipinski definition) is 2. The van der Waals surface area contributed by atoms with Gasteiger partial charge in [0.15, 0.2) is 5.78 Å². The molecule has 4 heteroatoms. The molecule has 96 valence electrons. The molecule has 0 radical (unpaired) electrons. The van der Waals surface area contributed by atoms with E-state index in [9.17, 15) is 9.18 Å². The van der Waals surface area contributed by atoms with Gasteiger partial charge in [0.05, 0.1) is 11.3 Å². The predicted octanol–water partition coefficient (Wildman–Crippen LogP) is 3.44. The molecule has 2 aromatic heterocycles. The van der Waals surface area contributed by atoms with E-state index in [1.165, 1.54) is 10.6 Å². The highest BCUT2D eigenvalue weighted by Crippen LogP contribution is 2.26. The molecule has 3 nitrogen and oxygen atoms in total. The smallest absolute Gasteiger partial charge is 0.169 e. The second-order valence-corrected chi connectivity index (χ2v) is 5.08. The Bertz CT molecular complexity index is 599. The van der Waals surface area contributed by atoms with Gasteiger partial charge in [-0.15, -0.1) is 0 Å². The lowest BCUT2D eigenvalue weighted by atomic mass is 9.95. The van der Waals surface area contributed by atoms with E-state index in [2.05, 4.69) is 5.10 Å². The SMILES string of the molecule is CC(C)C(=O)c1c(C(C)C)nn2cccc(F)c12. The van der Waals surface area contributed by atoms with Crippen molar-refractivity contribution in [2.24, 2.45) is 5.92 Å². The quantitative estimate of drug-likeness (QED) is 0.780. The monoisotopic (exact) mass is 248 g/mol. The second-order valence-electron chi connectivity index (χ2n) is 5.08. The largest absolute Gasteiger partial charge is 0.294 e. The Morgan fingerprint density at radius 1 is 1.33 bits per heavy atom. The van der Waals surface area contributed by atoms with Crippen molar-refractivity contribution in [3.63, 3.8) is 0 Å². The number of hydrogen-bond donors (Lipinski definition) is 0. The first-order valence-corrected chi connectivity index (χ1v) is 6.14. The number of Topliss-reactive ketones (excluding diaryl/α,β-unsaturated/α-hetero) is 1. The van der Waals surface area contributed by atoms with Crippen LogP contribution in [0.1, 0.15) is 49.7 Å². The molecule has 0 spiro atoms. The van der Waals surface area contributed by atoms with Gasteiger partial charge >= 0.3 is 0 Å². The molecule has 0 saturated heterocycles. The summed E-state index contributed by atoms with van der Waals surface area (Å²) in [7, 11) is 0. The maximum atomic E-state index is 13.9. The molecule has 0 N–H and O–H groups in total. The molecule has 0 saturated carbocycles. The summed E-state index contributed by atoms with van der Waals surface area (Å²) in [5, 5.41) is 4.33. The van der Waals surface area contributed by atoms with Gasteiger partial charge in [-0.05, 0) is 18.1 Å². The fraction of sp³-hybridized carbons (Fsp3) is 0.429. The van der Waals surface area contributed by atoms with E-state index >= 15 is 0 Å². The number of carbonyl (C=O) groups excluding carboxylic acids is 1. The lowest BCUT2D eigenvalue weighted by Crippen LogP contribution is -2.10. The van der Waals surface area contributed by atoms with Crippen molar-refractivity contribution in [1.29, 1.82) is 0 Å². The van der Waals surface area contributed by atoms with E-state index in [1.807, 2.05) is 27.7 Å². The first-order chi connectivity index (χ1) is 8.43. The molecule has 18 heavy (non-hydrogen) atoms. The molecule has 0 bridgehead atoms. The topological polar surface area (TPSA) is 34.4 Å². The lowest BCUT2D eigenvalue weighted by Gasteiger charge is -2.07. The summed E-state index contributed by atoms with van der Waals surface area (Å²) in [6.07, 6.45) is 1.67. The summed E-state index contributed by atoms with van der Waals surface area (Å²) in [6.45, 7) is 7.54. The zero-order valence-corrected chi connectivity index (χ0v) is 11.1. The van der Waals surface area contributed by atoms with Crippen molar-refractivity contribution in [1.82, 2.24) is 9.61 Å². The number of halogens is 1. The van der Waals surface area contributed by atoms with Crippen molar-refractivity contribution in [3.05, 3.63) is 35.4 Å². The number of aromatic nitrogens is 2. The van der Waals surface area contributed by atoms with Crippen molar-refractivity contribution in [2.45, 2.75) is 33.6 Å². The van der Waals surface area contributed by atoms with E-state index < -0.39 is 5.82 Å². The molecule has 2 rings (SSSR count). The zero-order valence-electron chi connectivity index (χ0n) is 11.1. The van der Waals surface area contributed by atoms with Crippen LogP contribution in [0.15, 0.2) is 18.3 Å². The standard InChI is InChI=1S/C14H17FN2O/c1-8(2)12-11(14(18)9(3)4)13-10(15)6-5-7-17(13)16-12/h5-9H,1-4H3. The fourth-order valence-corrected chi connectivity index (χ4v) is 2.01. The molecule has 0 amide bonds. The molecule has 0 fully saturated rings.